The average molecular weight is 269 g/mol. The predicted octanol–water partition coefficient (Wildman–Crippen LogP) is 3.19. The zero-order chi connectivity index (χ0) is 12.3. The number of nitrogens with zero attached hydrogens (tertiary/aromatic N) is 2. The highest BCUT2D eigenvalue weighted by atomic mass is 35.5. The van der Waals surface area contributed by atoms with Gasteiger partial charge in [0.05, 0.1) is 0 Å². The quantitative estimate of drug-likeness (QED) is 0.784. The van der Waals surface area contributed by atoms with Crippen molar-refractivity contribution in [3.05, 3.63) is 29.3 Å². The number of thioether (sulfide) groups is 1. The molecule has 0 unspecified atom stereocenters. The fourth-order valence-electron chi connectivity index (χ4n) is 1.53. The fourth-order valence-corrected chi connectivity index (χ4v) is 2.51. The number of hydrogen-bond acceptors (Lipinski definition) is 4. The van der Waals surface area contributed by atoms with Crippen molar-refractivity contribution in [2.24, 2.45) is 4.99 Å². The van der Waals surface area contributed by atoms with E-state index in [-0.39, 0.29) is 5.12 Å². The summed E-state index contributed by atoms with van der Waals surface area (Å²) in [5, 5.41) is 1.64. The van der Waals surface area contributed by atoms with Gasteiger partial charge in [-0.25, -0.2) is 0 Å². The van der Waals surface area contributed by atoms with Crippen LogP contribution in [0.3, 0.4) is 0 Å². The molecule has 1 aliphatic rings. The van der Waals surface area contributed by atoms with Gasteiger partial charge in [0, 0.05) is 30.7 Å². The molecule has 90 valence electrons. The molecule has 2 rings (SSSR count). The summed E-state index contributed by atoms with van der Waals surface area (Å²) in [5.74, 6) is 0. The van der Waals surface area contributed by atoms with Gasteiger partial charge in [0.25, 0.3) is 0 Å². The topological polar surface area (TPSA) is 32.7 Å². The Hall–Kier alpha value is -1.00. The molecule has 0 radical (unpaired) electrons. The molecule has 0 aromatic heterocycles. The molecule has 0 N–H and O–H groups in total. The molecule has 3 nitrogen and oxygen atoms in total. The lowest BCUT2D eigenvalue weighted by atomic mass is 10.3. The third-order valence-corrected chi connectivity index (χ3v) is 3.76. The van der Waals surface area contributed by atoms with Crippen molar-refractivity contribution >= 4 is 39.3 Å². The summed E-state index contributed by atoms with van der Waals surface area (Å²) in [6.45, 7) is 0.714. The molecule has 0 bridgehead atoms. The molecule has 0 saturated carbocycles. The lowest BCUT2D eigenvalue weighted by Crippen LogP contribution is -2.24. The van der Waals surface area contributed by atoms with Crippen molar-refractivity contribution in [2.75, 3.05) is 18.5 Å². The van der Waals surface area contributed by atoms with Crippen LogP contribution in [0, 0.1) is 0 Å². The Morgan fingerprint density at radius 2 is 2.06 bits per heavy atom. The van der Waals surface area contributed by atoms with Crippen molar-refractivity contribution in [3.63, 3.8) is 0 Å². The van der Waals surface area contributed by atoms with E-state index in [1.807, 2.05) is 36.2 Å². The van der Waals surface area contributed by atoms with Gasteiger partial charge in [0.15, 0.2) is 10.3 Å². The van der Waals surface area contributed by atoms with Crippen molar-refractivity contribution < 1.29 is 4.79 Å². The SMILES string of the molecule is CN(C1=NCCCC(=O)S1)c1ccc(Cl)cc1. The van der Waals surface area contributed by atoms with E-state index >= 15 is 0 Å². The highest BCUT2D eigenvalue weighted by molar-refractivity contribution is 8.26. The van der Waals surface area contributed by atoms with Crippen molar-refractivity contribution in [1.29, 1.82) is 0 Å². The van der Waals surface area contributed by atoms with Crippen molar-refractivity contribution in [2.45, 2.75) is 12.8 Å². The lowest BCUT2D eigenvalue weighted by Gasteiger charge is -2.19. The molecule has 0 spiro atoms. The van der Waals surface area contributed by atoms with E-state index in [2.05, 4.69) is 4.99 Å². The summed E-state index contributed by atoms with van der Waals surface area (Å²) >= 11 is 7.06. The largest absolute Gasteiger partial charge is 0.324 e. The second-order valence-corrected chi connectivity index (χ2v) is 5.24. The molecule has 5 heteroatoms. The molecule has 0 aliphatic carbocycles. The average Bonchev–Trinajstić information content (AvgIpc) is 2.54. The van der Waals surface area contributed by atoms with Gasteiger partial charge < -0.3 is 4.90 Å². The Morgan fingerprint density at radius 3 is 2.76 bits per heavy atom. The smallest absolute Gasteiger partial charge is 0.196 e. The number of amidine groups is 1. The minimum absolute atomic E-state index is 0.182. The molecule has 1 aromatic carbocycles. The fraction of sp³-hybridized carbons (Fsp3) is 0.333. The van der Waals surface area contributed by atoms with Crippen LogP contribution in [-0.4, -0.2) is 23.9 Å². The van der Waals surface area contributed by atoms with Crippen LogP contribution < -0.4 is 4.90 Å². The minimum Gasteiger partial charge on any atom is -0.324 e. The second kappa shape index (κ2) is 5.56. The number of benzene rings is 1. The van der Waals surface area contributed by atoms with Gasteiger partial charge in [-0.3, -0.25) is 9.79 Å². The van der Waals surface area contributed by atoms with E-state index in [1.165, 1.54) is 11.8 Å². The summed E-state index contributed by atoms with van der Waals surface area (Å²) in [6, 6.07) is 7.50. The van der Waals surface area contributed by atoms with Gasteiger partial charge in [-0.15, -0.1) is 0 Å². The summed E-state index contributed by atoms with van der Waals surface area (Å²) in [7, 11) is 1.91. The Labute approximate surface area is 110 Å². The number of rotatable bonds is 1. The van der Waals surface area contributed by atoms with Crippen LogP contribution in [0.5, 0.6) is 0 Å². The highest BCUT2D eigenvalue weighted by Crippen LogP contribution is 2.23. The van der Waals surface area contributed by atoms with Gasteiger partial charge >= 0.3 is 0 Å². The van der Waals surface area contributed by atoms with Crippen molar-refractivity contribution in [3.8, 4) is 0 Å². The number of carbonyl (C=O) groups excluding carboxylic acids is 1. The summed E-state index contributed by atoms with van der Waals surface area (Å²) in [6.07, 6.45) is 1.44. The van der Waals surface area contributed by atoms with Crippen LogP contribution in [0.15, 0.2) is 29.3 Å². The molecule has 1 aromatic rings. The van der Waals surface area contributed by atoms with Gasteiger partial charge in [-0.1, -0.05) is 11.6 Å². The van der Waals surface area contributed by atoms with Crippen LogP contribution in [-0.2, 0) is 4.79 Å². The van der Waals surface area contributed by atoms with Crippen LogP contribution in [0.1, 0.15) is 12.8 Å². The van der Waals surface area contributed by atoms with E-state index < -0.39 is 0 Å². The third-order valence-electron chi connectivity index (χ3n) is 2.49. The number of aliphatic imine (C=N–C) groups is 1. The molecule has 0 atom stereocenters. The number of anilines is 1. The highest BCUT2D eigenvalue weighted by Gasteiger charge is 2.17. The Balaban J connectivity index is 2.18. The maximum atomic E-state index is 11.5. The van der Waals surface area contributed by atoms with Gasteiger partial charge in [-0.2, -0.15) is 0 Å². The van der Waals surface area contributed by atoms with E-state index in [0.29, 0.717) is 18.0 Å². The van der Waals surface area contributed by atoms with E-state index in [0.717, 1.165) is 17.3 Å². The molecule has 1 aliphatic heterocycles. The first kappa shape index (κ1) is 12.5. The van der Waals surface area contributed by atoms with Crippen LogP contribution in [0.2, 0.25) is 5.02 Å². The first-order valence-corrected chi connectivity index (χ1v) is 6.60. The second-order valence-electron chi connectivity index (χ2n) is 3.78. The van der Waals surface area contributed by atoms with E-state index in [4.69, 9.17) is 11.6 Å². The van der Waals surface area contributed by atoms with Gasteiger partial charge in [-0.05, 0) is 42.4 Å². The molecular formula is C12H13ClN2OS. The Morgan fingerprint density at radius 1 is 1.35 bits per heavy atom. The maximum absolute atomic E-state index is 11.5. The standard InChI is InChI=1S/C12H13ClN2OS/c1-15(10-6-4-9(13)5-7-10)12-14-8-2-3-11(16)17-12/h4-7H,2-3,8H2,1H3. The normalized spacial score (nSPS) is 16.4. The molecule has 0 saturated heterocycles. The molecule has 0 fully saturated rings. The van der Waals surface area contributed by atoms with Crippen LogP contribution in [0.4, 0.5) is 5.69 Å². The minimum atomic E-state index is 0.182. The lowest BCUT2D eigenvalue weighted by molar-refractivity contribution is -0.110. The maximum Gasteiger partial charge on any atom is 0.196 e. The number of halogens is 1. The third kappa shape index (κ3) is 3.23. The molecule has 1 heterocycles. The Kier molecular flexibility index (Phi) is 4.07. The summed E-state index contributed by atoms with van der Waals surface area (Å²) in [4.78, 5) is 17.9. The van der Waals surface area contributed by atoms with Crippen LogP contribution >= 0.6 is 23.4 Å². The summed E-state index contributed by atoms with van der Waals surface area (Å²) in [5.41, 5.74) is 0.982. The Bertz CT molecular complexity index is 444. The molecular weight excluding hydrogens is 256 g/mol. The molecule has 17 heavy (non-hydrogen) atoms. The monoisotopic (exact) mass is 268 g/mol. The first-order valence-electron chi connectivity index (χ1n) is 5.41. The zero-order valence-corrected chi connectivity index (χ0v) is 11.1. The van der Waals surface area contributed by atoms with Gasteiger partial charge in [0.2, 0.25) is 0 Å². The van der Waals surface area contributed by atoms with Gasteiger partial charge in [0.1, 0.15) is 0 Å². The predicted molar refractivity (Wildman–Crippen MR) is 74.0 cm³/mol. The molecule has 0 amide bonds. The number of hydrogen-bond donors (Lipinski definition) is 0. The summed E-state index contributed by atoms with van der Waals surface area (Å²) < 4.78 is 0. The first-order chi connectivity index (χ1) is 8.16. The van der Waals surface area contributed by atoms with E-state index in [9.17, 15) is 4.79 Å². The van der Waals surface area contributed by atoms with Crippen LogP contribution in [0.25, 0.3) is 0 Å². The van der Waals surface area contributed by atoms with E-state index in [1.54, 1.807) is 0 Å². The van der Waals surface area contributed by atoms with Crippen molar-refractivity contribution in [1.82, 2.24) is 0 Å². The number of carbonyl (C=O) groups is 1. The zero-order valence-electron chi connectivity index (χ0n) is 9.52.